The van der Waals surface area contributed by atoms with Crippen molar-refractivity contribution >= 4 is 11.7 Å². The van der Waals surface area contributed by atoms with Gasteiger partial charge < -0.3 is 19.2 Å². The van der Waals surface area contributed by atoms with Crippen molar-refractivity contribution in [3.63, 3.8) is 0 Å². The number of pyridine rings is 1. The molecule has 0 bridgehead atoms. The molecule has 1 aliphatic rings. The highest BCUT2D eigenvalue weighted by Crippen LogP contribution is 2.40. The number of ether oxygens (including phenoxy) is 1. The second-order valence-electron chi connectivity index (χ2n) is 8.36. The smallest absolute Gasteiger partial charge is 0.290 e. The minimum Gasteiger partial charge on any atom is -0.503 e. The summed E-state index contributed by atoms with van der Waals surface area (Å²) in [6.45, 7) is 5.01. The van der Waals surface area contributed by atoms with Crippen LogP contribution in [0.4, 0.5) is 0 Å². The predicted octanol–water partition coefficient (Wildman–Crippen LogP) is 4.88. The maximum absolute atomic E-state index is 13.2. The summed E-state index contributed by atoms with van der Waals surface area (Å²) >= 11 is 0. The Bertz CT molecular complexity index is 1150. The number of benzene rings is 1. The van der Waals surface area contributed by atoms with Gasteiger partial charge in [0.15, 0.2) is 11.5 Å². The zero-order valence-electron chi connectivity index (χ0n) is 18.6. The molecule has 33 heavy (non-hydrogen) atoms. The van der Waals surface area contributed by atoms with Crippen molar-refractivity contribution in [2.45, 2.75) is 32.9 Å². The van der Waals surface area contributed by atoms with E-state index in [4.69, 9.17) is 9.15 Å². The first kappa shape index (κ1) is 22.3. The molecule has 3 heterocycles. The molecule has 1 atom stereocenters. The van der Waals surface area contributed by atoms with E-state index in [2.05, 4.69) is 18.8 Å². The van der Waals surface area contributed by atoms with Gasteiger partial charge in [0.1, 0.15) is 5.75 Å². The minimum absolute atomic E-state index is 0.0108. The molecule has 1 aliphatic heterocycles. The van der Waals surface area contributed by atoms with Gasteiger partial charge in [0.25, 0.3) is 5.91 Å². The number of aliphatic hydroxyl groups is 1. The Labute approximate surface area is 192 Å². The first-order chi connectivity index (χ1) is 16.0. The van der Waals surface area contributed by atoms with Crippen LogP contribution in [0.25, 0.3) is 0 Å². The van der Waals surface area contributed by atoms with E-state index in [1.54, 1.807) is 30.6 Å². The standard InChI is InChI=1S/C26H26N2O5/c1-17(2)10-14-32-20-6-3-5-19(15-20)23-22(24(29)21-7-4-13-33-21)25(30)26(31)28(23)16-18-8-11-27-12-9-18/h3-9,11-13,15,17,23,30H,10,14,16H2,1-2H3. The van der Waals surface area contributed by atoms with Crippen molar-refractivity contribution in [1.82, 2.24) is 9.88 Å². The third kappa shape index (κ3) is 4.82. The van der Waals surface area contributed by atoms with Crippen molar-refractivity contribution in [3.8, 4) is 5.75 Å². The van der Waals surface area contributed by atoms with Crippen LogP contribution in [0.2, 0.25) is 0 Å². The van der Waals surface area contributed by atoms with Gasteiger partial charge in [0.2, 0.25) is 5.78 Å². The van der Waals surface area contributed by atoms with E-state index >= 15 is 0 Å². The van der Waals surface area contributed by atoms with Gasteiger partial charge in [-0.25, -0.2) is 0 Å². The first-order valence-electron chi connectivity index (χ1n) is 10.9. The Balaban J connectivity index is 1.72. The quantitative estimate of drug-likeness (QED) is 0.471. The number of carbonyl (C=O) groups excluding carboxylic acids is 2. The van der Waals surface area contributed by atoms with Crippen LogP contribution < -0.4 is 4.74 Å². The average Bonchev–Trinajstić information content (AvgIpc) is 3.43. The molecule has 7 nitrogen and oxygen atoms in total. The van der Waals surface area contributed by atoms with Gasteiger partial charge in [-0.3, -0.25) is 14.6 Å². The predicted molar refractivity (Wildman–Crippen MR) is 122 cm³/mol. The fourth-order valence-electron chi connectivity index (χ4n) is 3.81. The zero-order chi connectivity index (χ0) is 23.4. The largest absolute Gasteiger partial charge is 0.503 e. The molecule has 1 unspecified atom stereocenters. The van der Waals surface area contributed by atoms with Crippen LogP contribution in [0.15, 0.2) is 82.9 Å². The van der Waals surface area contributed by atoms with Crippen LogP contribution >= 0.6 is 0 Å². The maximum atomic E-state index is 13.2. The molecular formula is C26H26N2O5. The highest BCUT2D eigenvalue weighted by molar-refractivity contribution is 6.15. The number of rotatable bonds is 9. The molecule has 0 aliphatic carbocycles. The highest BCUT2D eigenvalue weighted by atomic mass is 16.5. The number of nitrogens with zero attached hydrogens (tertiary/aromatic N) is 2. The van der Waals surface area contributed by atoms with Crippen LogP contribution in [0.5, 0.6) is 5.75 Å². The number of amides is 1. The summed E-state index contributed by atoms with van der Waals surface area (Å²) in [5.74, 6) is -0.502. The van der Waals surface area contributed by atoms with Crippen LogP contribution in [0.3, 0.4) is 0 Å². The molecule has 1 amide bonds. The molecule has 0 saturated carbocycles. The molecule has 1 aromatic carbocycles. The Morgan fingerprint density at radius 2 is 1.97 bits per heavy atom. The third-order valence-corrected chi connectivity index (χ3v) is 5.53. The number of hydrogen-bond donors (Lipinski definition) is 1. The number of carbonyl (C=O) groups is 2. The summed E-state index contributed by atoms with van der Waals surface area (Å²) in [5.41, 5.74) is 1.48. The minimum atomic E-state index is -0.795. The van der Waals surface area contributed by atoms with Gasteiger partial charge in [0, 0.05) is 18.9 Å². The van der Waals surface area contributed by atoms with E-state index in [1.165, 1.54) is 17.2 Å². The lowest BCUT2D eigenvalue weighted by Crippen LogP contribution is -2.30. The number of hydrogen-bond acceptors (Lipinski definition) is 6. The van der Waals surface area contributed by atoms with Gasteiger partial charge >= 0.3 is 0 Å². The summed E-state index contributed by atoms with van der Waals surface area (Å²) in [4.78, 5) is 31.8. The zero-order valence-corrected chi connectivity index (χ0v) is 18.6. The van der Waals surface area contributed by atoms with E-state index in [0.717, 1.165) is 12.0 Å². The maximum Gasteiger partial charge on any atom is 0.290 e. The molecule has 1 N–H and O–H groups in total. The number of Topliss-reactive ketones (excluding diaryl/α,β-unsaturated/α-hetero) is 1. The van der Waals surface area contributed by atoms with Crippen molar-refractivity contribution in [3.05, 3.63) is 95.4 Å². The fourth-order valence-corrected chi connectivity index (χ4v) is 3.81. The second-order valence-corrected chi connectivity index (χ2v) is 8.36. The molecule has 170 valence electrons. The average molecular weight is 447 g/mol. The molecular weight excluding hydrogens is 420 g/mol. The number of furan rings is 1. The summed E-state index contributed by atoms with van der Waals surface area (Å²) in [7, 11) is 0. The van der Waals surface area contributed by atoms with Crippen LogP contribution in [0, 0.1) is 5.92 Å². The van der Waals surface area contributed by atoms with Crippen LogP contribution in [-0.4, -0.2) is 33.3 Å². The molecule has 0 saturated heterocycles. The topological polar surface area (TPSA) is 92.9 Å². The molecule has 2 aromatic heterocycles. The molecule has 0 fully saturated rings. The third-order valence-electron chi connectivity index (χ3n) is 5.53. The number of ketones is 1. The van der Waals surface area contributed by atoms with E-state index in [-0.39, 0.29) is 17.9 Å². The Hall–Kier alpha value is -3.87. The fraction of sp³-hybridized carbons (Fsp3) is 0.269. The Morgan fingerprint density at radius 3 is 2.67 bits per heavy atom. The lowest BCUT2D eigenvalue weighted by molar-refractivity contribution is -0.130. The van der Waals surface area contributed by atoms with Crippen LogP contribution in [-0.2, 0) is 11.3 Å². The van der Waals surface area contributed by atoms with Crippen molar-refractivity contribution in [2.75, 3.05) is 6.61 Å². The van der Waals surface area contributed by atoms with Gasteiger partial charge in [-0.05, 0) is 59.9 Å². The van der Waals surface area contributed by atoms with E-state index < -0.39 is 23.5 Å². The second kappa shape index (κ2) is 9.73. The van der Waals surface area contributed by atoms with E-state index in [9.17, 15) is 14.7 Å². The number of aliphatic hydroxyl groups excluding tert-OH is 1. The lowest BCUT2D eigenvalue weighted by Gasteiger charge is -2.27. The number of aromatic nitrogens is 1. The van der Waals surface area contributed by atoms with Gasteiger partial charge in [-0.2, -0.15) is 0 Å². The van der Waals surface area contributed by atoms with Crippen LogP contribution in [0.1, 0.15) is 48.0 Å². The molecule has 0 spiro atoms. The van der Waals surface area contributed by atoms with Crippen molar-refractivity contribution < 1.29 is 23.8 Å². The van der Waals surface area contributed by atoms with E-state index in [1.807, 2.05) is 24.3 Å². The van der Waals surface area contributed by atoms with Crippen molar-refractivity contribution in [1.29, 1.82) is 0 Å². The SMILES string of the molecule is CC(C)CCOc1cccc(C2C(C(=O)c3ccco3)=C(O)C(=O)N2Cc2ccncc2)c1. The molecule has 3 aromatic rings. The van der Waals surface area contributed by atoms with Gasteiger partial charge in [-0.1, -0.05) is 26.0 Å². The normalized spacial score (nSPS) is 16.0. The lowest BCUT2D eigenvalue weighted by atomic mass is 9.94. The Kier molecular flexibility index (Phi) is 6.58. The van der Waals surface area contributed by atoms with Gasteiger partial charge in [0.05, 0.1) is 24.5 Å². The molecule has 0 radical (unpaired) electrons. The first-order valence-corrected chi connectivity index (χ1v) is 10.9. The monoisotopic (exact) mass is 446 g/mol. The summed E-state index contributed by atoms with van der Waals surface area (Å²) < 4.78 is 11.2. The summed E-state index contributed by atoms with van der Waals surface area (Å²) in [5, 5.41) is 10.8. The highest BCUT2D eigenvalue weighted by Gasteiger charge is 2.44. The Morgan fingerprint density at radius 1 is 1.18 bits per heavy atom. The van der Waals surface area contributed by atoms with Gasteiger partial charge in [-0.15, -0.1) is 0 Å². The summed E-state index contributed by atoms with van der Waals surface area (Å²) in [6.07, 6.45) is 5.56. The summed E-state index contributed by atoms with van der Waals surface area (Å²) in [6, 6.07) is 13.2. The van der Waals surface area contributed by atoms with Crippen molar-refractivity contribution in [2.24, 2.45) is 5.92 Å². The molecule has 4 rings (SSSR count). The van der Waals surface area contributed by atoms with E-state index in [0.29, 0.717) is 23.8 Å². The molecule has 7 heteroatoms.